The molecule has 1 rings (SSSR count). The summed E-state index contributed by atoms with van der Waals surface area (Å²) in [5.74, 6) is 1.56. The van der Waals surface area contributed by atoms with Gasteiger partial charge < -0.3 is 4.90 Å². The van der Waals surface area contributed by atoms with E-state index >= 15 is 0 Å². The smallest absolute Gasteiger partial charge is 0.136 e. The summed E-state index contributed by atoms with van der Waals surface area (Å²) >= 11 is 6.75. The normalized spacial score (nSPS) is 22.0. The molecule has 4 heteroatoms. The molecular weight excluding hydrogens is 202 g/mol. The molecule has 0 bridgehead atoms. The molecule has 1 fully saturated rings. The van der Waals surface area contributed by atoms with Gasteiger partial charge in [0.2, 0.25) is 0 Å². The van der Waals surface area contributed by atoms with Gasteiger partial charge in [0.1, 0.15) is 10.1 Å². The minimum atomic E-state index is 0.267. The van der Waals surface area contributed by atoms with Crippen LogP contribution in [0.2, 0.25) is 0 Å². The maximum absolute atomic E-state index is 11.3. The van der Waals surface area contributed by atoms with Crippen molar-refractivity contribution in [3.05, 3.63) is 0 Å². The van der Waals surface area contributed by atoms with E-state index in [0.29, 0.717) is 5.78 Å². The Labute approximate surface area is 89.1 Å². The molecule has 1 saturated carbocycles. The molecule has 0 aliphatic heterocycles. The van der Waals surface area contributed by atoms with E-state index in [1.165, 1.54) is 0 Å². The van der Waals surface area contributed by atoms with Crippen LogP contribution < -0.4 is 0 Å². The van der Waals surface area contributed by atoms with Gasteiger partial charge in [0, 0.05) is 32.2 Å². The Morgan fingerprint density at radius 1 is 1.69 bits per heavy atom. The molecule has 13 heavy (non-hydrogen) atoms. The summed E-state index contributed by atoms with van der Waals surface area (Å²) in [6.45, 7) is 0. The maximum Gasteiger partial charge on any atom is 0.136 e. The van der Waals surface area contributed by atoms with Gasteiger partial charge in [-0.2, -0.15) is 0 Å². The van der Waals surface area contributed by atoms with E-state index < -0.39 is 0 Å². The largest absolute Gasteiger partial charge is 0.364 e. The minimum Gasteiger partial charge on any atom is -0.364 e. The molecule has 0 saturated heterocycles. The molecular formula is C9H15NOS2. The molecule has 74 valence electrons. The number of hydrogen-bond donors (Lipinski definition) is 0. The van der Waals surface area contributed by atoms with E-state index in [4.69, 9.17) is 12.2 Å². The molecule has 0 aromatic carbocycles. The lowest BCUT2D eigenvalue weighted by atomic mass is 10.1. The topological polar surface area (TPSA) is 20.3 Å². The van der Waals surface area contributed by atoms with Crippen molar-refractivity contribution in [3.63, 3.8) is 0 Å². The van der Waals surface area contributed by atoms with Crippen molar-refractivity contribution in [1.29, 1.82) is 0 Å². The van der Waals surface area contributed by atoms with Gasteiger partial charge in [-0.1, -0.05) is 24.0 Å². The highest BCUT2D eigenvalue weighted by atomic mass is 32.2. The van der Waals surface area contributed by atoms with Gasteiger partial charge in [0.05, 0.1) is 0 Å². The number of Topliss-reactive ketones (excluding diaryl/α,β-unsaturated/α-hetero) is 1. The Morgan fingerprint density at radius 3 is 2.85 bits per heavy atom. The van der Waals surface area contributed by atoms with Crippen LogP contribution in [0.15, 0.2) is 0 Å². The number of thiocarbonyl (C=S) groups is 1. The first-order chi connectivity index (χ1) is 6.11. The zero-order chi connectivity index (χ0) is 9.84. The number of thioether (sulfide) groups is 1. The van der Waals surface area contributed by atoms with Crippen molar-refractivity contribution in [2.24, 2.45) is 5.92 Å². The van der Waals surface area contributed by atoms with Gasteiger partial charge in [-0.05, 0) is 12.8 Å². The molecule has 0 aromatic rings. The lowest BCUT2D eigenvalue weighted by Gasteiger charge is -2.14. The van der Waals surface area contributed by atoms with Crippen LogP contribution in [0.3, 0.4) is 0 Å². The average Bonchev–Trinajstić information content (AvgIpc) is 2.47. The van der Waals surface area contributed by atoms with Crippen LogP contribution in [0.1, 0.15) is 19.3 Å². The molecule has 0 N–H and O–H groups in total. The summed E-state index contributed by atoms with van der Waals surface area (Å²) in [5, 5.41) is 0. The number of ketones is 1. The quantitative estimate of drug-likeness (QED) is 0.658. The van der Waals surface area contributed by atoms with Crippen LogP contribution in [0.5, 0.6) is 0 Å². The van der Waals surface area contributed by atoms with Gasteiger partial charge in [-0.15, -0.1) is 0 Å². The van der Waals surface area contributed by atoms with Gasteiger partial charge in [0.25, 0.3) is 0 Å². The van der Waals surface area contributed by atoms with E-state index in [9.17, 15) is 4.79 Å². The van der Waals surface area contributed by atoms with Crippen LogP contribution in [0, 0.1) is 5.92 Å². The second kappa shape index (κ2) is 4.96. The predicted molar refractivity (Wildman–Crippen MR) is 61.1 cm³/mol. The van der Waals surface area contributed by atoms with Crippen LogP contribution >= 0.6 is 24.0 Å². The fraction of sp³-hybridized carbons (Fsp3) is 0.778. The Balaban J connectivity index is 2.26. The summed E-state index contributed by atoms with van der Waals surface area (Å²) in [5.41, 5.74) is 0. The van der Waals surface area contributed by atoms with E-state index in [-0.39, 0.29) is 5.92 Å². The number of nitrogens with zero attached hydrogens (tertiary/aromatic N) is 1. The molecule has 1 unspecified atom stereocenters. The second-order valence-corrected chi connectivity index (χ2v) is 5.18. The highest BCUT2D eigenvalue weighted by Crippen LogP contribution is 2.25. The van der Waals surface area contributed by atoms with Gasteiger partial charge >= 0.3 is 0 Å². The summed E-state index contributed by atoms with van der Waals surface area (Å²) < 4.78 is 0.875. The van der Waals surface area contributed by atoms with Crippen LogP contribution in [-0.4, -0.2) is 34.9 Å². The summed E-state index contributed by atoms with van der Waals surface area (Å²) in [6, 6.07) is 0. The molecule has 0 heterocycles. The van der Waals surface area contributed by atoms with E-state index in [1.807, 2.05) is 19.0 Å². The third kappa shape index (κ3) is 3.27. The first kappa shape index (κ1) is 11.0. The van der Waals surface area contributed by atoms with Crippen LogP contribution in [-0.2, 0) is 4.79 Å². The van der Waals surface area contributed by atoms with E-state index in [2.05, 4.69) is 0 Å². The zero-order valence-corrected chi connectivity index (χ0v) is 9.71. The van der Waals surface area contributed by atoms with Crippen LogP contribution in [0.25, 0.3) is 0 Å². The van der Waals surface area contributed by atoms with Crippen LogP contribution in [0.4, 0.5) is 0 Å². The fourth-order valence-corrected chi connectivity index (χ4v) is 2.52. The van der Waals surface area contributed by atoms with Crippen molar-refractivity contribution in [3.8, 4) is 0 Å². The Morgan fingerprint density at radius 2 is 2.38 bits per heavy atom. The average molecular weight is 217 g/mol. The monoisotopic (exact) mass is 217 g/mol. The summed E-state index contributed by atoms with van der Waals surface area (Å²) in [4.78, 5) is 13.2. The number of rotatable bonds is 2. The minimum absolute atomic E-state index is 0.267. The fourth-order valence-electron chi connectivity index (χ4n) is 1.37. The third-order valence-electron chi connectivity index (χ3n) is 2.20. The summed E-state index contributed by atoms with van der Waals surface area (Å²) in [6.07, 6.45) is 2.90. The Bertz CT molecular complexity index is 216. The van der Waals surface area contributed by atoms with Crippen molar-refractivity contribution in [2.45, 2.75) is 19.3 Å². The van der Waals surface area contributed by atoms with Crippen molar-refractivity contribution >= 4 is 34.1 Å². The predicted octanol–water partition coefficient (Wildman–Crippen LogP) is 1.94. The highest BCUT2D eigenvalue weighted by molar-refractivity contribution is 8.22. The van der Waals surface area contributed by atoms with E-state index in [0.717, 1.165) is 29.3 Å². The first-order valence-corrected chi connectivity index (χ1v) is 5.87. The molecule has 0 radical (unpaired) electrons. The number of hydrogen-bond acceptors (Lipinski definition) is 3. The SMILES string of the molecule is CN(C)C(=S)SCC1CCCC1=O. The molecule has 0 aromatic heterocycles. The number of carbonyl (C=O) groups is 1. The Hall–Kier alpha value is -0.0900. The van der Waals surface area contributed by atoms with E-state index in [1.54, 1.807) is 11.8 Å². The second-order valence-electron chi connectivity index (χ2n) is 3.53. The highest BCUT2D eigenvalue weighted by Gasteiger charge is 2.24. The first-order valence-electron chi connectivity index (χ1n) is 4.48. The number of carbonyl (C=O) groups excluding carboxylic acids is 1. The van der Waals surface area contributed by atoms with Gasteiger partial charge in [-0.3, -0.25) is 4.79 Å². The standard InChI is InChI=1S/C9H15NOS2/c1-10(2)9(12)13-6-7-4-3-5-8(7)11/h7H,3-6H2,1-2H3. The van der Waals surface area contributed by atoms with Crippen molar-refractivity contribution in [1.82, 2.24) is 4.90 Å². The molecule has 1 aliphatic rings. The molecule has 0 spiro atoms. The summed E-state index contributed by atoms with van der Waals surface area (Å²) in [7, 11) is 3.87. The zero-order valence-electron chi connectivity index (χ0n) is 8.08. The molecule has 2 nitrogen and oxygen atoms in total. The Kier molecular flexibility index (Phi) is 4.19. The van der Waals surface area contributed by atoms with Gasteiger partial charge in [0.15, 0.2) is 0 Å². The lowest BCUT2D eigenvalue weighted by Crippen LogP contribution is -2.19. The molecule has 0 amide bonds. The maximum atomic E-state index is 11.3. The van der Waals surface area contributed by atoms with Crippen molar-refractivity contribution in [2.75, 3.05) is 19.8 Å². The van der Waals surface area contributed by atoms with Crippen molar-refractivity contribution < 1.29 is 4.79 Å². The third-order valence-corrected chi connectivity index (χ3v) is 4.10. The van der Waals surface area contributed by atoms with Gasteiger partial charge in [-0.25, -0.2) is 0 Å². The molecule has 1 aliphatic carbocycles. The molecule has 1 atom stereocenters. The lowest BCUT2D eigenvalue weighted by molar-refractivity contribution is -0.120.